The fraction of sp³-hybridized carbons (Fsp3) is 0.345. The minimum Gasteiger partial charge on any atom is -0.388 e. The van der Waals surface area contributed by atoms with Crippen LogP contribution in [-0.4, -0.2) is 16.7 Å². The third-order valence-electron chi connectivity index (χ3n) is 6.83. The maximum atomic E-state index is 14.2. The van der Waals surface area contributed by atoms with Crippen molar-refractivity contribution in [3.8, 4) is 6.07 Å². The lowest BCUT2D eigenvalue weighted by Crippen LogP contribution is -2.48. The van der Waals surface area contributed by atoms with Crippen LogP contribution in [-0.2, 0) is 6.42 Å². The average Bonchev–Trinajstić information content (AvgIpc) is 2.85. The summed E-state index contributed by atoms with van der Waals surface area (Å²) in [5.74, 6) is -1.47. The van der Waals surface area contributed by atoms with Crippen LogP contribution in [0.3, 0.4) is 0 Å². The molecule has 3 aromatic carbocycles. The zero-order valence-electron chi connectivity index (χ0n) is 20.2. The van der Waals surface area contributed by atoms with Crippen LogP contribution in [0.4, 0.5) is 8.78 Å². The van der Waals surface area contributed by atoms with Crippen molar-refractivity contribution < 1.29 is 13.9 Å². The molecule has 0 aromatic heterocycles. The van der Waals surface area contributed by atoms with E-state index in [0.29, 0.717) is 35.4 Å². The highest BCUT2D eigenvalue weighted by atomic mass is 35.5. The predicted molar refractivity (Wildman–Crippen MR) is 136 cm³/mol. The molecule has 2 N–H and O–H groups in total. The third-order valence-corrected chi connectivity index (χ3v) is 7.08. The van der Waals surface area contributed by atoms with Gasteiger partial charge in [-0.05, 0) is 79.3 Å². The minimum absolute atomic E-state index is 0.0941. The van der Waals surface area contributed by atoms with Gasteiger partial charge in [-0.3, -0.25) is 0 Å². The van der Waals surface area contributed by atoms with E-state index in [1.54, 1.807) is 6.07 Å². The first kappa shape index (κ1) is 26.8. The van der Waals surface area contributed by atoms with Crippen LogP contribution in [0.1, 0.15) is 67.8 Å². The minimum atomic E-state index is -1.21. The van der Waals surface area contributed by atoms with Gasteiger partial charge in [-0.2, -0.15) is 5.26 Å². The SMILES string of the molecule is CCC(O)(CC)[C@@H](NC(C)C(Cc1ccc(Cl)cc1)c1cccc(C#N)c1)c1cc(F)cc(F)c1. The van der Waals surface area contributed by atoms with Crippen molar-refractivity contribution in [2.75, 3.05) is 0 Å². The largest absolute Gasteiger partial charge is 0.388 e. The monoisotopic (exact) mass is 496 g/mol. The van der Waals surface area contributed by atoms with Crippen molar-refractivity contribution in [3.05, 3.63) is 106 Å². The Morgan fingerprint density at radius 3 is 2.17 bits per heavy atom. The summed E-state index contributed by atoms with van der Waals surface area (Å²) in [7, 11) is 0. The number of nitrogens with one attached hydrogen (secondary N) is 1. The highest BCUT2D eigenvalue weighted by Crippen LogP contribution is 2.35. The Kier molecular flexibility index (Phi) is 9.02. The third kappa shape index (κ3) is 6.67. The van der Waals surface area contributed by atoms with Gasteiger partial charge in [0.05, 0.1) is 23.3 Å². The van der Waals surface area contributed by atoms with Gasteiger partial charge in [-0.25, -0.2) is 8.78 Å². The first-order chi connectivity index (χ1) is 16.7. The highest BCUT2D eigenvalue weighted by Gasteiger charge is 2.37. The number of hydrogen-bond donors (Lipinski definition) is 2. The van der Waals surface area contributed by atoms with Crippen molar-refractivity contribution in [1.82, 2.24) is 5.32 Å². The Labute approximate surface area is 211 Å². The predicted octanol–water partition coefficient (Wildman–Crippen LogP) is 7.09. The number of nitrogens with zero attached hydrogens (tertiary/aromatic N) is 1. The molecule has 0 saturated heterocycles. The maximum Gasteiger partial charge on any atom is 0.126 e. The van der Waals surface area contributed by atoms with Crippen LogP contribution < -0.4 is 5.32 Å². The zero-order chi connectivity index (χ0) is 25.6. The van der Waals surface area contributed by atoms with E-state index in [0.717, 1.165) is 17.2 Å². The maximum absolute atomic E-state index is 14.2. The van der Waals surface area contributed by atoms with E-state index < -0.39 is 23.3 Å². The molecule has 0 radical (unpaired) electrons. The lowest BCUT2D eigenvalue weighted by atomic mass is 9.81. The Bertz CT molecular complexity index is 1150. The number of benzene rings is 3. The van der Waals surface area contributed by atoms with Gasteiger partial charge < -0.3 is 10.4 Å². The second-order valence-electron chi connectivity index (χ2n) is 9.08. The van der Waals surface area contributed by atoms with Gasteiger partial charge in [-0.15, -0.1) is 0 Å². The molecular weight excluding hydrogens is 466 g/mol. The van der Waals surface area contributed by atoms with Crippen LogP contribution in [0.5, 0.6) is 0 Å². The van der Waals surface area contributed by atoms with E-state index in [2.05, 4.69) is 11.4 Å². The van der Waals surface area contributed by atoms with Gasteiger partial charge in [0.2, 0.25) is 0 Å². The fourth-order valence-electron chi connectivity index (χ4n) is 4.64. The van der Waals surface area contributed by atoms with Gasteiger partial charge in [0.15, 0.2) is 0 Å². The first-order valence-corrected chi connectivity index (χ1v) is 12.3. The van der Waals surface area contributed by atoms with E-state index in [-0.39, 0.29) is 12.0 Å². The summed E-state index contributed by atoms with van der Waals surface area (Å²) in [6.07, 6.45) is 1.44. The molecular formula is C29H31ClF2N2O. The molecule has 184 valence electrons. The summed E-state index contributed by atoms with van der Waals surface area (Å²) < 4.78 is 28.3. The van der Waals surface area contributed by atoms with Gasteiger partial charge in [0.1, 0.15) is 11.6 Å². The van der Waals surface area contributed by atoms with E-state index in [4.69, 9.17) is 11.6 Å². The summed E-state index contributed by atoms with van der Waals surface area (Å²) in [6.45, 7) is 5.72. The van der Waals surface area contributed by atoms with E-state index >= 15 is 0 Å². The van der Waals surface area contributed by atoms with Crippen molar-refractivity contribution >= 4 is 11.6 Å². The number of halogens is 3. The van der Waals surface area contributed by atoms with Crippen LogP contribution in [0.2, 0.25) is 5.02 Å². The Morgan fingerprint density at radius 2 is 1.60 bits per heavy atom. The summed E-state index contributed by atoms with van der Waals surface area (Å²) in [6, 6.07) is 19.7. The van der Waals surface area contributed by atoms with Crippen molar-refractivity contribution in [3.63, 3.8) is 0 Å². The molecule has 3 atom stereocenters. The molecule has 0 bridgehead atoms. The molecule has 0 aliphatic heterocycles. The normalized spacial score (nSPS) is 14.2. The van der Waals surface area contributed by atoms with E-state index in [1.165, 1.54) is 12.1 Å². The van der Waals surface area contributed by atoms with Crippen LogP contribution >= 0.6 is 11.6 Å². The van der Waals surface area contributed by atoms with Crippen LogP contribution in [0.15, 0.2) is 66.7 Å². The lowest BCUT2D eigenvalue weighted by molar-refractivity contribution is -0.0115. The topological polar surface area (TPSA) is 56.0 Å². The molecule has 0 aliphatic carbocycles. The molecule has 0 aliphatic rings. The lowest BCUT2D eigenvalue weighted by Gasteiger charge is -2.39. The molecule has 0 spiro atoms. The highest BCUT2D eigenvalue weighted by molar-refractivity contribution is 6.30. The Hall–Kier alpha value is -2.78. The van der Waals surface area contributed by atoms with Gasteiger partial charge >= 0.3 is 0 Å². The number of rotatable bonds is 10. The molecule has 6 heteroatoms. The molecule has 0 saturated carbocycles. The van der Waals surface area contributed by atoms with E-state index in [9.17, 15) is 19.1 Å². The number of nitriles is 1. The molecule has 3 nitrogen and oxygen atoms in total. The standard InChI is InChI=1S/C29H31ClF2N2O/c1-4-29(35,5-2)28(23-15-25(31)17-26(32)16-23)34-19(3)27(14-20-9-11-24(30)12-10-20)22-8-6-7-21(13-22)18-33/h6-13,15-17,19,27-28,34-35H,4-5,14H2,1-3H3/t19?,27?,28-/m0/s1. The fourth-order valence-corrected chi connectivity index (χ4v) is 4.76. The Balaban J connectivity index is 2.03. The second-order valence-corrected chi connectivity index (χ2v) is 9.51. The van der Waals surface area contributed by atoms with Crippen molar-refractivity contribution in [2.24, 2.45) is 0 Å². The summed E-state index contributed by atoms with van der Waals surface area (Å²) >= 11 is 6.07. The van der Waals surface area contributed by atoms with Crippen molar-refractivity contribution in [1.29, 1.82) is 5.26 Å². The average molecular weight is 497 g/mol. The van der Waals surface area contributed by atoms with Crippen LogP contribution in [0, 0.1) is 23.0 Å². The van der Waals surface area contributed by atoms with Crippen LogP contribution in [0.25, 0.3) is 0 Å². The summed E-state index contributed by atoms with van der Waals surface area (Å²) in [4.78, 5) is 0. The van der Waals surface area contributed by atoms with Crippen molar-refractivity contribution in [2.45, 2.75) is 63.6 Å². The molecule has 2 unspecified atom stereocenters. The first-order valence-electron chi connectivity index (χ1n) is 11.9. The summed E-state index contributed by atoms with van der Waals surface area (Å²) in [5.41, 5.74) is 1.72. The number of aliphatic hydroxyl groups is 1. The van der Waals surface area contributed by atoms with E-state index in [1.807, 2.05) is 63.2 Å². The second kappa shape index (κ2) is 11.8. The molecule has 35 heavy (non-hydrogen) atoms. The van der Waals surface area contributed by atoms with Gasteiger partial charge in [0, 0.05) is 23.0 Å². The Morgan fingerprint density at radius 1 is 0.971 bits per heavy atom. The molecule has 0 heterocycles. The van der Waals surface area contributed by atoms with Gasteiger partial charge in [0.25, 0.3) is 0 Å². The molecule has 3 aromatic rings. The zero-order valence-corrected chi connectivity index (χ0v) is 21.0. The number of hydrogen-bond acceptors (Lipinski definition) is 3. The van der Waals surface area contributed by atoms with Gasteiger partial charge in [-0.1, -0.05) is 49.7 Å². The quantitative estimate of drug-likeness (QED) is 0.315. The smallest absolute Gasteiger partial charge is 0.126 e. The molecule has 0 fully saturated rings. The summed E-state index contributed by atoms with van der Waals surface area (Å²) in [5, 5.41) is 25.0. The molecule has 0 amide bonds. The molecule has 3 rings (SSSR count).